The van der Waals surface area contributed by atoms with Crippen molar-refractivity contribution in [3.05, 3.63) is 35.9 Å². The van der Waals surface area contributed by atoms with E-state index in [1.165, 1.54) is 7.05 Å². The van der Waals surface area contributed by atoms with Crippen LogP contribution in [-0.4, -0.2) is 40.9 Å². The summed E-state index contributed by atoms with van der Waals surface area (Å²) in [7, 11) is 1.39. The van der Waals surface area contributed by atoms with Gasteiger partial charge in [-0.15, -0.1) is 0 Å². The van der Waals surface area contributed by atoms with E-state index in [4.69, 9.17) is 0 Å². The fourth-order valence-electron chi connectivity index (χ4n) is 2.04. The Morgan fingerprint density at radius 1 is 1.37 bits per heavy atom. The summed E-state index contributed by atoms with van der Waals surface area (Å²) in [5.41, 5.74) is 0.546. The fraction of sp³-hybridized carbons (Fsp3) is 0.308. The van der Waals surface area contributed by atoms with E-state index in [0.29, 0.717) is 5.56 Å². The van der Waals surface area contributed by atoms with Crippen molar-refractivity contribution < 1.29 is 19.5 Å². The lowest BCUT2D eigenvalue weighted by molar-refractivity contribution is -0.140. The molecule has 0 bridgehead atoms. The van der Waals surface area contributed by atoms with Gasteiger partial charge >= 0.3 is 5.97 Å². The second kappa shape index (κ2) is 5.19. The van der Waals surface area contributed by atoms with Gasteiger partial charge in [0.05, 0.1) is 12.5 Å². The molecule has 1 aromatic carbocycles. The van der Waals surface area contributed by atoms with Gasteiger partial charge in [0.15, 0.2) is 0 Å². The quantitative estimate of drug-likeness (QED) is 0.755. The molecule has 1 aromatic rings. The molecule has 6 heteroatoms. The predicted molar refractivity (Wildman–Crippen MR) is 66.1 cm³/mol. The van der Waals surface area contributed by atoms with Crippen LogP contribution in [0.25, 0.3) is 0 Å². The number of hydrogen-bond donors (Lipinski definition) is 2. The number of carbonyl (C=O) groups is 3. The van der Waals surface area contributed by atoms with E-state index in [0.717, 1.165) is 4.90 Å². The molecule has 19 heavy (non-hydrogen) atoms. The number of amides is 2. The van der Waals surface area contributed by atoms with Gasteiger partial charge in [-0.1, -0.05) is 30.3 Å². The van der Waals surface area contributed by atoms with Gasteiger partial charge in [0, 0.05) is 7.05 Å². The zero-order valence-corrected chi connectivity index (χ0v) is 10.4. The third-order valence-corrected chi connectivity index (χ3v) is 3.13. The third-order valence-electron chi connectivity index (χ3n) is 3.13. The van der Waals surface area contributed by atoms with Crippen molar-refractivity contribution in [2.75, 3.05) is 7.05 Å². The number of hydrogen-bond acceptors (Lipinski definition) is 4. The van der Waals surface area contributed by atoms with Gasteiger partial charge in [0.1, 0.15) is 6.04 Å². The maximum Gasteiger partial charge on any atom is 0.325 e. The molecule has 2 atom stereocenters. The van der Waals surface area contributed by atoms with Gasteiger partial charge in [0.25, 0.3) is 0 Å². The number of imide groups is 1. The monoisotopic (exact) mass is 262 g/mol. The largest absolute Gasteiger partial charge is 0.480 e. The standard InChI is InChI=1S/C13H14N2O4/c1-15-10(16)7-9(12(15)17)14-11(13(18)19)8-5-3-2-4-6-8/h2-6,9,11,14H,7H2,1H3,(H,18,19). The smallest absolute Gasteiger partial charge is 0.325 e. The lowest BCUT2D eigenvalue weighted by atomic mass is 10.1. The maximum absolute atomic E-state index is 11.8. The van der Waals surface area contributed by atoms with E-state index in [9.17, 15) is 19.5 Å². The molecule has 0 saturated carbocycles. The molecule has 1 aliphatic heterocycles. The number of benzene rings is 1. The Kier molecular flexibility index (Phi) is 3.62. The van der Waals surface area contributed by atoms with Crippen molar-refractivity contribution in [1.82, 2.24) is 10.2 Å². The Balaban J connectivity index is 2.17. The minimum Gasteiger partial charge on any atom is -0.480 e. The minimum absolute atomic E-state index is 0.00799. The first-order valence-corrected chi connectivity index (χ1v) is 5.85. The SMILES string of the molecule is CN1C(=O)CC(NC(C(=O)O)c2ccccc2)C1=O. The van der Waals surface area contributed by atoms with E-state index in [-0.39, 0.29) is 12.3 Å². The number of likely N-dealkylation sites (N-methyl/N-ethyl adjacent to an activating group) is 1. The summed E-state index contributed by atoms with van der Waals surface area (Å²) in [4.78, 5) is 35.5. The zero-order chi connectivity index (χ0) is 14.0. The van der Waals surface area contributed by atoms with E-state index in [1.807, 2.05) is 0 Å². The van der Waals surface area contributed by atoms with Crippen LogP contribution in [0.1, 0.15) is 18.0 Å². The van der Waals surface area contributed by atoms with Crippen molar-refractivity contribution in [2.24, 2.45) is 0 Å². The lowest BCUT2D eigenvalue weighted by Crippen LogP contribution is -2.41. The second-order valence-corrected chi connectivity index (χ2v) is 4.40. The van der Waals surface area contributed by atoms with Crippen LogP contribution in [0.2, 0.25) is 0 Å². The van der Waals surface area contributed by atoms with Gasteiger partial charge in [-0.2, -0.15) is 0 Å². The van der Waals surface area contributed by atoms with Gasteiger partial charge in [-0.3, -0.25) is 24.6 Å². The topological polar surface area (TPSA) is 86.7 Å². The molecule has 2 unspecified atom stereocenters. The molecule has 1 heterocycles. The lowest BCUT2D eigenvalue weighted by Gasteiger charge is -2.18. The van der Waals surface area contributed by atoms with Crippen molar-refractivity contribution in [3.63, 3.8) is 0 Å². The number of carboxylic acids is 1. The molecule has 1 saturated heterocycles. The van der Waals surface area contributed by atoms with Gasteiger partial charge in [-0.05, 0) is 5.56 Å². The highest BCUT2D eigenvalue weighted by molar-refractivity contribution is 6.05. The molecule has 0 spiro atoms. The molecular weight excluding hydrogens is 248 g/mol. The van der Waals surface area contributed by atoms with Crippen LogP contribution in [0, 0.1) is 0 Å². The van der Waals surface area contributed by atoms with Crippen LogP contribution in [0.4, 0.5) is 0 Å². The Bertz CT molecular complexity index is 515. The normalized spacial score (nSPS) is 20.7. The van der Waals surface area contributed by atoms with Crippen LogP contribution in [-0.2, 0) is 14.4 Å². The predicted octanol–water partition coefficient (Wildman–Crippen LogP) is 0.159. The highest BCUT2D eigenvalue weighted by Gasteiger charge is 2.38. The van der Waals surface area contributed by atoms with E-state index >= 15 is 0 Å². The third kappa shape index (κ3) is 2.63. The number of rotatable bonds is 4. The molecule has 0 aliphatic carbocycles. The second-order valence-electron chi connectivity index (χ2n) is 4.40. The van der Waals surface area contributed by atoms with Gasteiger partial charge in [-0.25, -0.2) is 0 Å². The molecule has 100 valence electrons. The summed E-state index contributed by atoms with van der Waals surface area (Å²) in [6.07, 6.45) is -0.00799. The molecule has 1 aliphatic rings. The Labute approximate surface area is 110 Å². The first-order chi connectivity index (χ1) is 9.00. The molecule has 6 nitrogen and oxygen atoms in total. The van der Waals surface area contributed by atoms with Crippen molar-refractivity contribution in [1.29, 1.82) is 0 Å². The van der Waals surface area contributed by atoms with Crippen LogP contribution in [0.5, 0.6) is 0 Å². The van der Waals surface area contributed by atoms with Crippen LogP contribution in [0.15, 0.2) is 30.3 Å². The average Bonchev–Trinajstić information content (AvgIpc) is 2.64. The van der Waals surface area contributed by atoms with Crippen LogP contribution < -0.4 is 5.32 Å². The zero-order valence-electron chi connectivity index (χ0n) is 10.4. The highest BCUT2D eigenvalue weighted by Crippen LogP contribution is 2.18. The summed E-state index contributed by atoms with van der Waals surface area (Å²) in [6.45, 7) is 0. The average molecular weight is 262 g/mol. The number of nitrogens with one attached hydrogen (secondary N) is 1. The number of carboxylic acid groups (broad SMARTS) is 1. The van der Waals surface area contributed by atoms with Crippen molar-refractivity contribution >= 4 is 17.8 Å². The van der Waals surface area contributed by atoms with Crippen LogP contribution in [0.3, 0.4) is 0 Å². The molecule has 0 radical (unpaired) electrons. The number of likely N-dealkylation sites (tertiary alicyclic amines) is 1. The Hall–Kier alpha value is -2.21. The summed E-state index contributed by atoms with van der Waals surface area (Å²) in [5.74, 6) is -1.78. The van der Waals surface area contributed by atoms with Gasteiger partial charge in [0.2, 0.25) is 11.8 Å². The fourth-order valence-corrected chi connectivity index (χ4v) is 2.04. The minimum atomic E-state index is -1.08. The van der Waals surface area contributed by atoms with Crippen molar-refractivity contribution in [3.8, 4) is 0 Å². The van der Waals surface area contributed by atoms with E-state index < -0.39 is 24.0 Å². The molecular formula is C13H14N2O4. The number of aliphatic carboxylic acids is 1. The molecule has 0 aromatic heterocycles. The Morgan fingerprint density at radius 2 is 2.00 bits per heavy atom. The maximum atomic E-state index is 11.8. The summed E-state index contributed by atoms with van der Waals surface area (Å²) >= 11 is 0. The van der Waals surface area contributed by atoms with Gasteiger partial charge < -0.3 is 5.11 Å². The Morgan fingerprint density at radius 3 is 2.47 bits per heavy atom. The summed E-state index contributed by atoms with van der Waals surface area (Å²) < 4.78 is 0. The first-order valence-electron chi connectivity index (χ1n) is 5.85. The molecule has 1 fully saturated rings. The number of nitrogens with zero attached hydrogens (tertiary/aromatic N) is 1. The van der Waals surface area contributed by atoms with Crippen LogP contribution >= 0.6 is 0 Å². The number of carbonyl (C=O) groups excluding carboxylic acids is 2. The van der Waals surface area contributed by atoms with Crippen molar-refractivity contribution in [2.45, 2.75) is 18.5 Å². The summed E-state index contributed by atoms with van der Waals surface area (Å²) in [6, 6.07) is 6.77. The highest BCUT2D eigenvalue weighted by atomic mass is 16.4. The summed E-state index contributed by atoms with van der Waals surface area (Å²) in [5, 5.41) is 12.0. The first kappa shape index (κ1) is 13.2. The molecule has 2 N–H and O–H groups in total. The molecule has 2 amide bonds. The van der Waals surface area contributed by atoms with E-state index in [1.54, 1.807) is 30.3 Å². The molecule has 2 rings (SSSR count). The van der Waals surface area contributed by atoms with E-state index in [2.05, 4.69) is 5.32 Å².